The van der Waals surface area contributed by atoms with Crippen molar-refractivity contribution in [3.8, 4) is 0 Å². The summed E-state index contributed by atoms with van der Waals surface area (Å²) in [6.45, 7) is 4.09. The van der Waals surface area contributed by atoms with Crippen molar-refractivity contribution in [3.63, 3.8) is 0 Å². The Bertz CT molecular complexity index is 1090. The summed E-state index contributed by atoms with van der Waals surface area (Å²) in [5, 5.41) is 9.63. The number of nitrogens with zero attached hydrogens (tertiary/aromatic N) is 6. The van der Waals surface area contributed by atoms with Crippen LogP contribution >= 0.6 is 11.8 Å². The third-order valence-corrected chi connectivity index (χ3v) is 8.05. The van der Waals surface area contributed by atoms with Crippen LogP contribution in [0.25, 0.3) is 5.57 Å². The first-order valence-corrected chi connectivity index (χ1v) is 12.6. The molecule has 3 aliphatic heterocycles. The number of fused-ring (bicyclic) bond motifs is 1. The second-order valence-electron chi connectivity index (χ2n) is 9.27. The second-order valence-corrected chi connectivity index (χ2v) is 10.3. The molecule has 0 aliphatic carbocycles. The van der Waals surface area contributed by atoms with Crippen molar-refractivity contribution in [2.75, 3.05) is 50.4 Å². The molecule has 6 nitrogen and oxygen atoms in total. The molecule has 4 heterocycles. The van der Waals surface area contributed by atoms with Crippen LogP contribution in [0.3, 0.4) is 0 Å². The number of benzene rings is 1. The average molecular weight is 491 g/mol. The van der Waals surface area contributed by atoms with Crippen molar-refractivity contribution in [2.24, 2.45) is 13.0 Å². The molecule has 1 aromatic heterocycles. The van der Waals surface area contributed by atoms with E-state index in [2.05, 4.69) is 32.1 Å². The van der Waals surface area contributed by atoms with Crippen molar-refractivity contribution in [1.29, 1.82) is 0 Å². The van der Waals surface area contributed by atoms with Crippen LogP contribution in [0, 0.1) is 23.4 Å². The lowest BCUT2D eigenvalue weighted by Crippen LogP contribution is -2.36. The van der Waals surface area contributed by atoms with Gasteiger partial charge in [-0.25, -0.2) is 13.2 Å². The number of hydrogen-bond acceptors (Lipinski definition) is 6. The summed E-state index contributed by atoms with van der Waals surface area (Å²) in [4.78, 5) is 6.28. The molecule has 0 amide bonds. The lowest BCUT2D eigenvalue weighted by atomic mass is 10.0. The van der Waals surface area contributed by atoms with E-state index < -0.39 is 17.5 Å². The van der Waals surface area contributed by atoms with Crippen molar-refractivity contribution >= 4 is 23.0 Å². The maximum absolute atomic E-state index is 14.3. The van der Waals surface area contributed by atoms with Gasteiger partial charge in [0.25, 0.3) is 0 Å². The zero-order valence-corrected chi connectivity index (χ0v) is 20.2. The average Bonchev–Trinajstić information content (AvgIpc) is 3.47. The summed E-state index contributed by atoms with van der Waals surface area (Å²) >= 11 is 1.70. The Morgan fingerprint density at radius 2 is 1.88 bits per heavy atom. The van der Waals surface area contributed by atoms with Crippen LogP contribution in [0.1, 0.15) is 18.7 Å². The Hall–Kier alpha value is -2.46. The van der Waals surface area contributed by atoms with Gasteiger partial charge in [-0.05, 0) is 37.6 Å². The highest BCUT2D eigenvalue weighted by Crippen LogP contribution is 2.37. The van der Waals surface area contributed by atoms with E-state index in [4.69, 9.17) is 0 Å². The first kappa shape index (κ1) is 23.3. The Morgan fingerprint density at radius 3 is 2.62 bits per heavy atom. The van der Waals surface area contributed by atoms with Gasteiger partial charge in [-0.15, -0.1) is 10.2 Å². The predicted octanol–water partition coefficient (Wildman–Crippen LogP) is 3.77. The van der Waals surface area contributed by atoms with Gasteiger partial charge in [0.15, 0.2) is 22.6 Å². The summed E-state index contributed by atoms with van der Waals surface area (Å²) < 4.78 is 44.0. The summed E-state index contributed by atoms with van der Waals surface area (Å²) in [6, 6.07) is 1.61. The van der Waals surface area contributed by atoms with Crippen molar-refractivity contribution in [1.82, 2.24) is 24.6 Å². The normalized spacial score (nSPS) is 22.6. The quantitative estimate of drug-likeness (QED) is 0.435. The van der Waals surface area contributed by atoms with E-state index in [1.807, 2.05) is 24.9 Å². The number of hydrogen-bond donors (Lipinski definition) is 0. The number of likely N-dealkylation sites (N-methyl/N-ethyl adjacent to an activating group) is 1. The summed E-state index contributed by atoms with van der Waals surface area (Å²) in [5.41, 5.74) is 1.00. The molecule has 2 fully saturated rings. The number of likely N-dealkylation sites (tertiary alicyclic amines) is 1. The fourth-order valence-electron chi connectivity index (χ4n) is 5.21. The molecule has 2 aromatic rings. The molecule has 2 unspecified atom stereocenters. The van der Waals surface area contributed by atoms with E-state index in [0.29, 0.717) is 12.5 Å². The highest BCUT2D eigenvalue weighted by Gasteiger charge is 2.42. The number of thioether (sulfide) groups is 1. The first-order chi connectivity index (χ1) is 16.4. The van der Waals surface area contributed by atoms with Crippen LogP contribution in [0.2, 0.25) is 0 Å². The molecular formula is C24H29F3N6S. The van der Waals surface area contributed by atoms with Gasteiger partial charge in [0.2, 0.25) is 0 Å². The number of anilines is 1. The van der Waals surface area contributed by atoms with E-state index in [9.17, 15) is 13.2 Å². The molecular weight excluding hydrogens is 461 g/mol. The molecule has 182 valence electrons. The maximum atomic E-state index is 14.3. The van der Waals surface area contributed by atoms with E-state index in [0.717, 1.165) is 73.5 Å². The number of allylic oxidation sites excluding steroid dienone is 2. The minimum absolute atomic E-state index is 0.0688. The highest BCUT2D eigenvalue weighted by molar-refractivity contribution is 7.99. The standard InChI is InChI=1S/C24H29F3N6S/c1-30-8-4-16(5-9-30)23-28-29-24(31(23)2)34-11-3-7-32-14-17-6-10-33(21(17)15-32)22-19(26)12-18(25)13-20(22)27/h4-5,8,12-13,17,21H,3,6-7,9-11,14-15H2,1-2H3. The van der Waals surface area contributed by atoms with E-state index in [1.54, 1.807) is 16.7 Å². The molecule has 0 N–H and O–H groups in total. The van der Waals surface area contributed by atoms with Gasteiger partial charge >= 0.3 is 0 Å². The molecule has 3 aliphatic rings. The van der Waals surface area contributed by atoms with Crippen molar-refractivity contribution in [2.45, 2.75) is 24.0 Å². The van der Waals surface area contributed by atoms with Crippen LogP contribution in [0.4, 0.5) is 18.9 Å². The summed E-state index contributed by atoms with van der Waals surface area (Å²) in [5.74, 6) is -0.340. The molecule has 10 heteroatoms. The fourth-order valence-corrected chi connectivity index (χ4v) is 6.04. The molecule has 5 rings (SSSR count). The molecule has 0 saturated carbocycles. The SMILES string of the molecule is CN1C=CC(c2nnc(SCCCN3CC4CCN(c5c(F)cc(F)cc5F)C4C3)n2C)=CC1. The van der Waals surface area contributed by atoms with Gasteiger partial charge in [0.1, 0.15) is 11.5 Å². The van der Waals surface area contributed by atoms with Crippen LogP contribution in [-0.4, -0.2) is 76.1 Å². The molecule has 2 atom stereocenters. The van der Waals surface area contributed by atoms with E-state index in [1.165, 1.54) is 0 Å². The highest BCUT2D eigenvalue weighted by atomic mass is 32.2. The van der Waals surface area contributed by atoms with E-state index in [-0.39, 0.29) is 11.7 Å². The van der Waals surface area contributed by atoms with Crippen molar-refractivity contribution < 1.29 is 13.2 Å². The molecule has 34 heavy (non-hydrogen) atoms. The third-order valence-electron chi connectivity index (χ3n) is 6.94. The molecule has 0 radical (unpaired) electrons. The van der Waals surface area contributed by atoms with E-state index >= 15 is 0 Å². The molecule has 1 aromatic carbocycles. The monoisotopic (exact) mass is 490 g/mol. The number of aromatic nitrogens is 3. The first-order valence-electron chi connectivity index (χ1n) is 11.7. The molecule has 0 spiro atoms. The van der Waals surface area contributed by atoms with Gasteiger partial charge in [-0.1, -0.05) is 17.8 Å². The topological polar surface area (TPSA) is 40.4 Å². The Labute approximate surface area is 202 Å². The molecule has 2 saturated heterocycles. The third kappa shape index (κ3) is 4.57. The summed E-state index contributed by atoms with van der Waals surface area (Å²) in [6.07, 6.45) is 8.13. The maximum Gasteiger partial charge on any atom is 0.191 e. The lowest BCUT2D eigenvalue weighted by molar-refractivity contribution is 0.318. The van der Waals surface area contributed by atoms with Crippen LogP contribution in [0.15, 0.2) is 35.6 Å². The van der Waals surface area contributed by atoms with Crippen LogP contribution in [0.5, 0.6) is 0 Å². The van der Waals surface area contributed by atoms with Crippen LogP contribution in [-0.2, 0) is 7.05 Å². The van der Waals surface area contributed by atoms with Crippen molar-refractivity contribution in [3.05, 3.63) is 53.8 Å². The van der Waals surface area contributed by atoms with Gasteiger partial charge in [0.05, 0.1) is 0 Å². The van der Waals surface area contributed by atoms with Gasteiger partial charge in [-0.2, -0.15) is 0 Å². The lowest BCUT2D eigenvalue weighted by Gasteiger charge is -2.27. The van der Waals surface area contributed by atoms with Gasteiger partial charge in [0, 0.05) is 69.8 Å². The number of halogens is 3. The largest absolute Gasteiger partial charge is 0.377 e. The minimum Gasteiger partial charge on any atom is -0.377 e. The zero-order valence-electron chi connectivity index (χ0n) is 19.4. The second kappa shape index (κ2) is 9.65. The Kier molecular flexibility index (Phi) is 6.61. The Morgan fingerprint density at radius 1 is 1.09 bits per heavy atom. The number of rotatable bonds is 7. The minimum atomic E-state index is -0.880. The summed E-state index contributed by atoms with van der Waals surface area (Å²) in [7, 11) is 4.03. The zero-order chi connectivity index (χ0) is 23.8. The predicted molar refractivity (Wildman–Crippen MR) is 128 cm³/mol. The van der Waals surface area contributed by atoms with Gasteiger partial charge < -0.3 is 19.3 Å². The fraction of sp³-hybridized carbons (Fsp3) is 0.500. The Balaban J connectivity index is 1.13. The van der Waals surface area contributed by atoms with Crippen LogP contribution < -0.4 is 4.90 Å². The molecule has 0 bridgehead atoms. The van der Waals surface area contributed by atoms with Gasteiger partial charge in [-0.3, -0.25) is 0 Å². The smallest absolute Gasteiger partial charge is 0.191 e.